The number of carbonyl (C=O) groups is 1. The fourth-order valence-corrected chi connectivity index (χ4v) is 2.14. The summed E-state index contributed by atoms with van der Waals surface area (Å²) in [4.78, 5) is 12.0. The monoisotopic (exact) mass is 329 g/mol. The Labute approximate surface area is 127 Å². The van der Waals surface area contributed by atoms with Crippen LogP contribution < -0.4 is 5.32 Å². The first-order chi connectivity index (χ1) is 9.69. The minimum Gasteiger partial charge on any atom is -0.322 e. The van der Waals surface area contributed by atoms with Gasteiger partial charge in [0.1, 0.15) is 0 Å². The van der Waals surface area contributed by atoms with E-state index >= 15 is 0 Å². The van der Waals surface area contributed by atoms with Crippen LogP contribution in [0.5, 0.6) is 0 Å². The molecule has 0 fully saturated rings. The number of amides is 1. The Hall–Kier alpha value is -1.87. The molecule has 0 aliphatic heterocycles. The molecule has 0 saturated carbocycles. The number of carbonyl (C=O) groups excluding carboxylic acids is 1. The van der Waals surface area contributed by atoms with E-state index in [9.17, 15) is 4.79 Å². The lowest BCUT2D eigenvalue weighted by Gasteiger charge is -2.05. The molecule has 0 radical (unpaired) electrons. The van der Waals surface area contributed by atoms with E-state index in [-0.39, 0.29) is 5.91 Å². The van der Waals surface area contributed by atoms with Gasteiger partial charge in [-0.3, -0.25) is 4.79 Å². The topological polar surface area (TPSA) is 29.1 Å². The summed E-state index contributed by atoms with van der Waals surface area (Å²) in [5, 5.41) is 2.86. The van der Waals surface area contributed by atoms with Crippen molar-refractivity contribution in [1.82, 2.24) is 0 Å². The van der Waals surface area contributed by atoms with Gasteiger partial charge in [0.2, 0.25) is 0 Å². The first-order valence-corrected chi connectivity index (χ1v) is 7.31. The Balaban J connectivity index is 2.05. The minimum atomic E-state index is -0.155. The van der Waals surface area contributed by atoms with Crippen molar-refractivity contribution in [2.24, 2.45) is 0 Å². The SMILES string of the molecule is CCc1ccc(NC(=O)/C(Br)=C/c2ccccc2)cc1. The molecule has 0 saturated heterocycles. The lowest BCUT2D eigenvalue weighted by atomic mass is 10.1. The van der Waals surface area contributed by atoms with Crippen molar-refractivity contribution in [2.45, 2.75) is 13.3 Å². The van der Waals surface area contributed by atoms with Gasteiger partial charge in [-0.05, 0) is 51.7 Å². The van der Waals surface area contributed by atoms with Crippen molar-refractivity contribution in [2.75, 3.05) is 5.32 Å². The Kier molecular flexibility index (Phi) is 5.13. The number of nitrogens with one attached hydrogen (secondary N) is 1. The van der Waals surface area contributed by atoms with E-state index in [1.165, 1.54) is 5.56 Å². The van der Waals surface area contributed by atoms with Gasteiger partial charge in [-0.15, -0.1) is 0 Å². The lowest BCUT2D eigenvalue weighted by molar-refractivity contribution is -0.112. The van der Waals surface area contributed by atoms with Gasteiger partial charge < -0.3 is 5.32 Å². The standard InChI is InChI=1S/C17H16BrNO/c1-2-13-8-10-15(11-9-13)19-17(20)16(18)12-14-6-4-3-5-7-14/h3-12H,2H2,1H3,(H,19,20)/b16-12-. The van der Waals surface area contributed by atoms with E-state index in [0.29, 0.717) is 4.48 Å². The number of rotatable bonds is 4. The zero-order valence-electron chi connectivity index (χ0n) is 11.3. The third kappa shape index (κ3) is 4.07. The molecular weight excluding hydrogens is 314 g/mol. The highest BCUT2D eigenvalue weighted by atomic mass is 79.9. The summed E-state index contributed by atoms with van der Waals surface area (Å²) in [5.41, 5.74) is 3.03. The van der Waals surface area contributed by atoms with Crippen LogP contribution in [0.25, 0.3) is 6.08 Å². The predicted molar refractivity (Wildman–Crippen MR) is 87.8 cm³/mol. The Morgan fingerprint density at radius 3 is 2.35 bits per heavy atom. The second kappa shape index (κ2) is 7.06. The van der Waals surface area contributed by atoms with Gasteiger partial charge in [-0.25, -0.2) is 0 Å². The van der Waals surface area contributed by atoms with Gasteiger partial charge in [-0.1, -0.05) is 49.4 Å². The Bertz CT molecular complexity index is 603. The summed E-state index contributed by atoms with van der Waals surface area (Å²) in [6.07, 6.45) is 2.79. The van der Waals surface area contributed by atoms with Gasteiger partial charge in [0.25, 0.3) is 5.91 Å². The smallest absolute Gasteiger partial charge is 0.262 e. The molecule has 0 aromatic heterocycles. The fourth-order valence-electron chi connectivity index (χ4n) is 1.78. The van der Waals surface area contributed by atoms with Crippen molar-refractivity contribution >= 4 is 33.6 Å². The lowest BCUT2D eigenvalue weighted by Crippen LogP contribution is -2.11. The van der Waals surface area contributed by atoms with E-state index in [2.05, 4.69) is 28.2 Å². The van der Waals surface area contributed by atoms with Crippen LogP contribution in [0, 0.1) is 0 Å². The van der Waals surface area contributed by atoms with E-state index in [4.69, 9.17) is 0 Å². The first kappa shape index (κ1) is 14.5. The number of anilines is 1. The van der Waals surface area contributed by atoms with E-state index in [1.54, 1.807) is 6.08 Å². The Morgan fingerprint density at radius 1 is 1.10 bits per heavy atom. The molecule has 1 amide bonds. The highest BCUT2D eigenvalue weighted by molar-refractivity contribution is 9.12. The van der Waals surface area contributed by atoms with Crippen molar-refractivity contribution in [3.05, 3.63) is 70.2 Å². The first-order valence-electron chi connectivity index (χ1n) is 6.51. The predicted octanol–water partition coefficient (Wildman–Crippen LogP) is 4.62. The molecule has 0 aliphatic carbocycles. The number of benzene rings is 2. The number of halogens is 1. The van der Waals surface area contributed by atoms with Crippen LogP contribution in [-0.2, 0) is 11.2 Å². The quantitative estimate of drug-likeness (QED) is 0.814. The Morgan fingerprint density at radius 2 is 1.75 bits per heavy atom. The van der Waals surface area contributed by atoms with E-state index in [1.807, 2.05) is 54.6 Å². The molecule has 2 nitrogen and oxygen atoms in total. The fraction of sp³-hybridized carbons (Fsp3) is 0.118. The molecule has 102 valence electrons. The molecule has 2 aromatic rings. The van der Waals surface area contributed by atoms with Crippen LogP contribution in [0.3, 0.4) is 0 Å². The van der Waals surface area contributed by atoms with Crippen LogP contribution in [-0.4, -0.2) is 5.91 Å². The van der Waals surface area contributed by atoms with Crippen molar-refractivity contribution < 1.29 is 4.79 Å². The molecule has 20 heavy (non-hydrogen) atoms. The largest absolute Gasteiger partial charge is 0.322 e. The molecule has 0 bridgehead atoms. The highest BCUT2D eigenvalue weighted by Gasteiger charge is 2.06. The van der Waals surface area contributed by atoms with E-state index < -0.39 is 0 Å². The summed E-state index contributed by atoms with van der Waals surface area (Å²) in [6.45, 7) is 2.10. The molecule has 0 spiro atoms. The second-order valence-electron chi connectivity index (χ2n) is 4.41. The summed E-state index contributed by atoms with van der Waals surface area (Å²) in [6, 6.07) is 17.6. The van der Waals surface area contributed by atoms with Crippen molar-refractivity contribution in [3.8, 4) is 0 Å². The van der Waals surface area contributed by atoms with Crippen LogP contribution in [0.4, 0.5) is 5.69 Å². The average molecular weight is 330 g/mol. The van der Waals surface area contributed by atoms with Crippen LogP contribution in [0.1, 0.15) is 18.1 Å². The second-order valence-corrected chi connectivity index (χ2v) is 5.26. The minimum absolute atomic E-state index is 0.155. The van der Waals surface area contributed by atoms with Crippen molar-refractivity contribution in [3.63, 3.8) is 0 Å². The van der Waals surface area contributed by atoms with Crippen LogP contribution in [0.15, 0.2) is 59.1 Å². The summed E-state index contributed by atoms with van der Waals surface area (Å²) in [5.74, 6) is -0.155. The molecule has 0 atom stereocenters. The number of hydrogen-bond donors (Lipinski definition) is 1. The third-order valence-electron chi connectivity index (χ3n) is 2.93. The van der Waals surface area contributed by atoms with Gasteiger partial charge in [0.15, 0.2) is 0 Å². The van der Waals surface area contributed by atoms with Crippen molar-refractivity contribution in [1.29, 1.82) is 0 Å². The molecular formula is C17H16BrNO. The zero-order valence-corrected chi connectivity index (χ0v) is 12.9. The molecule has 0 aliphatic rings. The van der Waals surface area contributed by atoms with Gasteiger partial charge in [0.05, 0.1) is 4.48 Å². The molecule has 1 N–H and O–H groups in total. The maximum atomic E-state index is 12.0. The molecule has 0 unspecified atom stereocenters. The highest BCUT2D eigenvalue weighted by Crippen LogP contribution is 2.16. The maximum absolute atomic E-state index is 12.0. The van der Waals surface area contributed by atoms with Crippen LogP contribution in [0.2, 0.25) is 0 Å². The van der Waals surface area contributed by atoms with Gasteiger partial charge >= 0.3 is 0 Å². The molecule has 0 heterocycles. The summed E-state index contributed by atoms with van der Waals surface area (Å²) < 4.78 is 0.503. The summed E-state index contributed by atoms with van der Waals surface area (Å²) >= 11 is 3.31. The molecule has 2 rings (SSSR count). The summed E-state index contributed by atoms with van der Waals surface area (Å²) in [7, 11) is 0. The molecule has 3 heteroatoms. The average Bonchev–Trinajstić information content (AvgIpc) is 2.49. The van der Waals surface area contributed by atoms with Gasteiger partial charge in [0, 0.05) is 5.69 Å². The van der Waals surface area contributed by atoms with Crippen LogP contribution >= 0.6 is 15.9 Å². The third-order valence-corrected chi connectivity index (χ3v) is 3.52. The molecule has 2 aromatic carbocycles. The van der Waals surface area contributed by atoms with E-state index in [0.717, 1.165) is 17.7 Å². The zero-order chi connectivity index (χ0) is 14.4. The normalized spacial score (nSPS) is 11.2. The number of hydrogen-bond acceptors (Lipinski definition) is 1. The number of aryl methyl sites for hydroxylation is 1. The van der Waals surface area contributed by atoms with Gasteiger partial charge in [-0.2, -0.15) is 0 Å². The maximum Gasteiger partial charge on any atom is 0.262 e.